The van der Waals surface area contributed by atoms with Crippen LogP contribution in [0.25, 0.3) is 11.3 Å². The Labute approximate surface area is 193 Å². The first-order valence-corrected chi connectivity index (χ1v) is 10.7. The normalized spacial score (nSPS) is 12.0. The van der Waals surface area contributed by atoms with Gasteiger partial charge in [0.2, 0.25) is 0 Å². The highest BCUT2D eigenvalue weighted by atomic mass is 16.6. The van der Waals surface area contributed by atoms with E-state index < -0.39 is 17.8 Å². The molecule has 0 aliphatic carbocycles. The van der Waals surface area contributed by atoms with Crippen molar-refractivity contribution in [2.75, 3.05) is 12.4 Å². The molecule has 8 heteroatoms. The highest BCUT2D eigenvalue weighted by Gasteiger charge is 2.22. The first kappa shape index (κ1) is 23.8. The Morgan fingerprint density at radius 3 is 2.30 bits per heavy atom. The van der Waals surface area contributed by atoms with Crippen LogP contribution in [0, 0.1) is 6.92 Å². The molecule has 0 unspecified atom stereocenters. The number of hydrogen-bond acceptors (Lipinski definition) is 5. The molecule has 174 valence electrons. The minimum absolute atomic E-state index is 0.314. The molecule has 0 aliphatic rings. The predicted molar refractivity (Wildman–Crippen MR) is 127 cm³/mol. The molecular weight excluding hydrogens is 420 g/mol. The third-order valence-corrected chi connectivity index (χ3v) is 4.81. The van der Waals surface area contributed by atoms with Crippen LogP contribution in [0.1, 0.15) is 43.9 Å². The predicted octanol–water partition coefficient (Wildman–Crippen LogP) is 5.37. The summed E-state index contributed by atoms with van der Waals surface area (Å²) in [7, 11) is 1.32. The summed E-state index contributed by atoms with van der Waals surface area (Å²) in [5.74, 6) is 0.740. The van der Waals surface area contributed by atoms with Gasteiger partial charge in [0.1, 0.15) is 11.4 Å². The molecule has 2 amide bonds. The van der Waals surface area contributed by atoms with Crippen molar-refractivity contribution in [2.45, 2.75) is 45.8 Å². The van der Waals surface area contributed by atoms with Crippen molar-refractivity contribution in [1.29, 1.82) is 0 Å². The Bertz CT molecular complexity index is 1090. The third kappa shape index (κ3) is 6.83. The maximum atomic E-state index is 12.5. The van der Waals surface area contributed by atoms with Crippen molar-refractivity contribution in [3.05, 3.63) is 71.7 Å². The van der Waals surface area contributed by atoms with Gasteiger partial charge in [0.15, 0.2) is 0 Å². The number of aromatic amines is 1. The first-order valence-electron chi connectivity index (χ1n) is 10.7. The SMILES string of the molecule is COC(=O)Nc1ccc(-c2nc(C[C@H](NC(=O)OC(C)(C)C)c3ccccc3)[nH]c2C)cc1. The number of aryl methyl sites for hydroxylation is 1. The molecule has 0 radical (unpaired) electrons. The molecule has 8 nitrogen and oxygen atoms in total. The van der Waals surface area contributed by atoms with E-state index in [1.165, 1.54) is 7.11 Å². The monoisotopic (exact) mass is 450 g/mol. The zero-order valence-electron chi connectivity index (χ0n) is 19.6. The number of ether oxygens (including phenoxy) is 2. The van der Waals surface area contributed by atoms with Gasteiger partial charge >= 0.3 is 12.2 Å². The van der Waals surface area contributed by atoms with Crippen LogP contribution < -0.4 is 10.6 Å². The molecule has 2 aromatic carbocycles. The van der Waals surface area contributed by atoms with Gasteiger partial charge in [0.25, 0.3) is 0 Å². The third-order valence-electron chi connectivity index (χ3n) is 4.81. The largest absolute Gasteiger partial charge is 0.453 e. The fraction of sp³-hybridized carbons (Fsp3) is 0.320. The smallest absolute Gasteiger partial charge is 0.411 e. The van der Waals surface area contributed by atoms with E-state index in [1.807, 2.05) is 70.2 Å². The molecule has 0 saturated heterocycles. The molecule has 0 aliphatic heterocycles. The first-order chi connectivity index (χ1) is 15.6. The molecule has 0 saturated carbocycles. The summed E-state index contributed by atoms with van der Waals surface area (Å²) >= 11 is 0. The molecule has 1 atom stereocenters. The Kier molecular flexibility index (Phi) is 7.37. The number of aromatic nitrogens is 2. The van der Waals surface area contributed by atoms with Crippen LogP contribution in [-0.4, -0.2) is 34.9 Å². The topological polar surface area (TPSA) is 105 Å². The van der Waals surface area contributed by atoms with E-state index in [1.54, 1.807) is 12.1 Å². The van der Waals surface area contributed by atoms with E-state index in [9.17, 15) is 9.59 Å². The molecule has 1 heterocycles. The van der Waals surface area contributed by atoms with E-state index in [4.69, 9.17) is 9.72 Å². The van der Waals surface area contributed by atoms with Crippen LogP contribution in [0.4, 0.5) is 15.3 Å². The Morgan fingerprint density at radius 1 is 1.03 bits per heavy atom. The van der Waals surface area contributed by atoms with Crippen molar-refractivity contribution in [3.8, 4) is 11.3 Å². The summed E-state index contributed by atoms with van der Waals surface area (Å²) in [5, 5.41) is 5.59. The van der Waals surface area contributed by atoms with Gasteiger partial charge in [-0.25, -0.2) is 14.6 Å². The van der Waals surface area contributed by atoms with Gasteiger partial charge in [-0.1, -0.05) is 42.5 Å². The minimum atomic E-state index is -0.589. The molecular formula is C25H30N4O4. The molecule has 33 heavy (non-hydrogen) atoms. The van der Waals surface area contributed by atoms with Crippen LogP contribution in [0.15, 0.2) is 54.6 Å². The number of amides is 2. The number of nitrogens with zero attached hydrogens (tertiary/aromatic N) is 1. The summed E-state index contributed by atoms with van der Waals surface area (Å²) in [4.78, 5) is 31.9. The summed E-state index contributed by atoms with van der Waals surface area (Å²) in [6.45, 7) is 7.44. The highest BCUT2D eigenvalue weighted by molar-refractivity contribution is 5.85. The fourth-order valence-corrected chi connectivity index (χ4v) is 3.36. The van der Waals surface area contributed by atoms with Crippen LogP contribution in [0.2, 0.25) is 0 Å². The Hall–Kier alpha value is -3.81. The standard InChI is InChI=1S/C25H30N4O4/c1-16-22(18-11-13-19(14-12-18)27-23(30)32-5)29-21(26-16)15-20(17-9-7-6-8-10-17)28-24(31)33-25(2,3)4/h6-14,20H,15H2,1-5H3,(H,26,29)(H,27,30)(H,28,31)/t20-/m0/s1. The van der Waals surface area contributed by atoms with E-state index in [0.717, 1.165) is 28.3 Å². The fourth-order valence-electron chi connectivity index (χ4n) is 3.36. The minimum Gasteiger partial charge on any atom is -0.453 e. The van der Waals surface area contributed by atoms with Crippen molar-refractivity contribution >= 4 is 17.9 Å². The van der Waals surface area contributed by atoms with Crippen molar-refractivity contribution < 1.29 is 19.1 Å². The number of H-pyrrole nitrogens is 1. The van der Waals surface area contributed by atoms with Crippen molar-refractivity contribution in [1.82, 2.24) is 15.3 Å². The van der Waals surface area contributed by atoms with Crippen molar-refractivity contribution in [3.63, 3.8) is 0 Å². The lowest BCUT2D eigenvalue weighted by atomic mass is 10.0. The van der Waals surface area contributed by atoms with Gasteiger partial charge in [0, 0.05) is 23.4 Å². The second-order valence-electron chi connectivity index (χ2n) is 8.66. The average Bonchev–Trinajstić information content (AvgIpc) is 3.13. The number of carbonyl (C=O) groups is 2. The molecule has 3 N–H and O–H groups in total. The number of imidazole rings is 1. The van der Waals surface area contributed by atoms with Crippen LogP contribution in [0.5, 0.6) is 0 Å². The number of nitrogens with one attached hydrogen (secondary N) is 3. The van der Waals surface area contributed by atoms with Crippen LogP contribution in [-0.2, 0) is 15.9 Å². The molecule has 3 aromatic rings. The number of benzene rings is 2. The highest BCUT2D eigenvalue weighted by Crippen LogP contribution is 2.25. The summed E-state index contributed by atoms with van der Waals surface area (Å²) < 4.78 is 10.1. The number of alkyl carbamates (subject to hydrolysis) is 1. The summed E-state index contributed by atoms with van der Waals surface area (Å²) in [6.07, 6.45) is -0.537. The van der Waals surface area contributed by atoms with E-state index in [-0.39, 0.29) is 6.04 Å². The maximum absolute atomic E-state index is 12.5. The van der Waals surface area contributed by atoms with E-state index >= 15 is 0 Å². The number of hydrogen-bond donors (Lipinski definition) is 3. The van der Waals surface area contributed by atoms with Crippen LogP contribution in [0.3, 0.4) is 0 Å². The maximum Gasteiger partial charge on any atom is 0.411 e. The number of methoxy groups -OCH3 is 1. The van der Waals surface area contributed by atoms with Gasteiger partial charge < -0.3 is 19.8 Å². The number of carbonyl (C=O) groups excluding carboxylic acids is 2. The molecule has 0 fully saturated rings. The zero-order valence-corrected chi connectivity index (χ0v) is 19.6. The molecule has 1 aromatic heterocycles. The lowest BCUT2D eigenvalue weighted by Crippen LogP contribution is -2.35. The van der Waals surface area contributed by atoms with Gasteiger partial charge in [0.05, 0.1) is 18.8 Å². The van der Waals surface area contributed by atoms with E-state index in [0.29, 0.717) is 12.1 Å². The Morgan fingerprint density at radius 2 is 1.70 bits per heavy atom. The zero-order chi connectivity index (χ0) is 24.0. The average molecular weight is 451 g/mol. The number of rotatable bonds is 6. The second-order valence-corrected chi connectivity index (χ2v) is 8.66. The van der Waals surface area contributed by atoms with Crippen molar-refractivity contribution in [2.24, 2.45) is 0 Å². The van der Waals surface area contributed by atoms with Gasteiger partial charge in [-0.05, 0) is 45.4 Å². The molecule has 3 rings (SSSR count). The summed E-state index contributed by atoms with van der Waals surface area (Å²) in [5.41, 5.74) is 3.61. The van der Waals surface area contributed by atoms with Gasteiger partial charge in [-0.15, -0.1) is 0 Å². The lowest BCUT2D eigenvalue weighted by Gasteiger charge is -2.23. The number of anilines is 1. The molecule has 0 bridgehead atoms. The van der Waals surface area contributed by atoms with E-state index in [2.05, 4.69) is 20.4 Å². The summed E-state index contributed by atoms with van der Waals surface area (Å²) in [6, 6.07) is 16.8. The van der Waals surface area contributed by atoms with Crippen LogP contribution >= 0.6 is 0 Å². The Balaban J connectivity index is 1.79. The second kappa shape index (κ2) is 10.2. The molecule has 0 spiro atoms. The quantitative estimate of drug-likeness (QED) is 0.468. The van der Waals surface area contributed by atoms with Gasteiger partial charge in [-0.2, -0.15) is 0 Å². The van der Waals surface area contributed by atoms with Gasteiger partial charge in [-0.3, -0.25) is 5.32 Å². The lowest BCUT2D eigenvalue weighted by molar-refractivity contribution is 0.0503.